The Labute approximate surface area is 180 Å². The van der Waals surface area contributed by atoms with E-state index in [1.165, 1.54) is 21.9 Å². The first-order chi connectivity index (χ1) is 14.6. The molecule has 0 radical (unpaired) electrons. The van der Waals surface area contributed by atoms with E-state index in [4.69, 9.17) is 4.74 Å². The van der Waals surface area contributed by atoms with E-state index in [2.05, 4.69) is 90.9 Å². The summed E-state index contributed by atoms with van der Waals surface area (Å²) in [6, 6.07) is 25.0. The number of nitrogens with zero attached hydrogens (tertiary/aromatic N) is 2. The van der Waals surface area contributed by atoms with Crippen LogP contribution in [0.15, 0.2) is 79.4 Å². The summed E-state index contributed by atoms with van der Waals surface area (Å²) in [5.74, 6) is 0.906. The molecule has 1 aliphatic heterocycles. The first-order valence-corrected chi connectivity index (χ1v) is 10.8. The lowest BCUT2D eigenvalue weighted by Crippen LogP contribution is -2.57. The van der Waals surface area contributed by atoms with Gasteiger partial charge in [-0.25, -0.2) is 0 Å². The Morgan fingerprint density at radius 1 is 1.00 bits per heavy atom. The molecule has 3 unspecified atom stereocenters. The van der Waals surface area contributed by atoms with Crippen LogP contribution in [0.4, 0.5) is 0 Å². The summed E-state index contributed by atoms with van der Waals surface area (Å²) in [4.78, 5) is 5.20. The summed E-state index contributed by atoms with van der Waals surface area (Å²) in [5.41, 5.74) is 2.64. The van der Waals surface area contributed by atoms with Gasteiger partial charge in [0, 0.05) is 31.7 Å². The molecule has 3 nitrogen and oxygen atoms in total. The lowest BCUT2D eigenvalue weighted by molar-refractivity contribution is 0.0309. The second kappa shape index (κ2) is 9.03. The zero-order valence-corrected chi connectivity index (χ0v) is 18.3. The molecule has 0 amide bonds. The van der Waals surface area contributed by atoms with Crippen molar-refractivity contribution >= 4 is 10.8 Å². The highest BCUT2D eigenvalue weighted by Gasteiger charge is 2.35. The van der Waals surface area contributed by atoms with Crippen molar-refractivity contribution in [2.45, 2.75) is 32.0 Å². The van der Waals surface area contributed by atoms with E-state index < -0.39 is 0 Å². The van der Waals surface area contributed by atoms with E-state index in [9.17, 15) is 0 Å². The third-order valence-corrected chi connectivity index (χ3v) is 6.39. The van der Waals surface area contributed by atoms with Gasteiger partial charge in [0.1, 0.15) is 5.75 Å². The number of methoxy groups -OCH3 is 1. The van der Waals surface area contributed by atoms with E-state index in [0.29, 0.717) is 12.1 Å². The van der Waals surface area contributed by atoms with Crippen molar-refractivity contribution in [1.82, 2.24) is 9.80 Å². The molecule has 156 valence electrons. The Hall–Kier alpha value is -2.62. The maximum absolute atomic E-state index is 5.57. The van der Waals surface area contributed by atoms with E-state index in [1.807, 2.05) is 12.1 Å². The summed E-state index contributed by atoms with van der Waals surface area (Å²) >= 11 is 0. The molecular weight excluding hydrogens is 368 g/mol. The fourth-order valence-corrected chi connectivity index (χ4v) is 4.86. The van der Waals surface area contributed by atoms with Gasteiger partial charge in [0.15, 0.2) is 0 Å². The quantitative estimate of drug-likeness (QED) is 0.507. The Morgan fingerprint density at radius 2 is 1.77 bits per heavy atom. The van der Waals surface area contributed by atoms with Gasteiger partial charge >= 0.3 is 0 Å². The van der Waals surface area contributed by atoms with Crippen LogP contribution in [0.25, 0.3) is 10.8 Å². The maximum Gasteiger partial charge on any atom is 0.119 e. The van der Waals surface area contributed by atoms with E-state index in [1.54, 1.807) is 7.11 Å². The van der Waals surface area contributed by atoms with Gasteiger partial charge < -0.3 is 4.74 Å². The van der Waals surface area contributed by atoms with Crippen LogP contribution < -0.4 is 4.74 Å². The van der Waals surface area contributed by atoms with Crippen LogP contribution in [0.1, 0.15) is 31.0 Å². The van der Waals surface area contributed by atoms with Gasteiger partial charge in [-0.2, -0.15) is 0 Å². The largest absolute Gasteiger partial charge is 0.497 e. The molecule has 30 heavy (non-hydrogen) atoms. The Morgan fingerprint density at radius 3 is 2.57 bits per heavy atom. The molecule has 3 heteroatoms. The molecule has 1 heterocycles. The van der Waals surface area contributed by atoms with Gasteiger partial charge in [-0.15, -0.1) is 6.58 Å². The molecule has 3 atom stereocenters. The molecule has 0 saturated carbocycles. The van der Waals surface area contributed by atoms with E-state index in [0.717, 1.165) is 25.4 Å². The third kappa shape index (κ3) is 4.00. The van der Waals surface area contributed by atoms with Crippen LogP contribution in [-0.2, 0) is 0 Å². The normalized spacial score (nSPS) is 21.4. The average molecular weight is 401 g/mol. The minimum atomic E-state index is 0.175. The Kier molecular flexibility index (Phi) is 6.21. The molecule has 0 aromatic heterocycles. The van der Waals surface area contributed by atoms with E-state index in [-0.39, 0.29) is 6.04 Å². The molecule has 1 saturated heterocycles. The Bertz CT molecular complexity index is 1010. The van der Waals surface area contributed by atoms with Crippen LogP contribution in [0.3, 0.4) is 0 Å². The van der Waals surface area contributed by atoms with Crippen molar-refractivity contribution in [1.29, 1.82) is 0 Å². The maximum atomic E-state index is 5.57. The van der Waals surface area contributed by atoms with Gasteiger partial charge in [-0.3, -0.25) is 9.80 Å². The predicted octanol–water partition coefficient (Wildman–Crippen LogP) is 5.52. The minimum Gasteiger partial charge on any atom is -0.497 e. The van der Waals surface area contributed by atoms with Crippen molar-refractivity contribution in [3.05, 3.63) is 90.5 Å². The molecule has 0 N–H and O–H groups in total. The van der Waals surface area contributed by atoms with Gasteiger partial charge in [-0.1, -0.05) is 60.7 Å². The number of piperazine rings is 1. The first kappa shape index (κ1) is 20.6. The monoisotopic (exact) mass is 400 g/mol. The molecule has 3 aromatic carbocycles. The van der Waals surface area contributed by atoms with Crippen molar-refractivity contribution < 1.29 is 4.74 Å². The standard InChI is InChI=1S/C27H32N2O/c1-5-16-28-18-21(3)29(19-20(28)2)27(23-12-8-13-24(17-23)30-4)26-15-9-11-22-10-6-7-14-25(22)26/h5-15,17,20-21,27H,1,16,18-19H2,2-4H3. The topological polar surface area (TPSA) is 15.7 Å². The summed E-state index contributed by atoms with van der Waals surface area (Å²) in [6.07, 6.45) is 2.02. The zero-order chi connectivity index (χ0) is 21.1. The fraction of sp³-hybridized carbons (Fsp3) is 0.333. The smallest absolute Gasteiger partial charge is 0.119 e. The molecule has 3 aromatic rings. The summed E-state index contributed by atoms with van der Waals surface area (Å²) in [7, 11) is 1.74. The van der Waals surface area contributed by atoms with Gasteiger partial charge in [0.05, 0.1) is 13.2 Å². The molecule has 0 aliphatic carbocycles. The van der Waals surface area contributed by atoms with E-state index >= 15 is 0 Å². The zero-order valence-electron chi connectivity index (χ0n) is 18.3. The second-order valence-electron chi connectivity index (χ2n) is 8.38. The van der Waals surface area contributed by atoms with Crippen molar-refractivity contribution in [2.75, 3.05) is 26.7 Å². The number of hydrogen-bond acceptors (Lipinski definition) is 3. The van der Waals surface area contributed by atoms with Crippen LogP contribution in [0, 0.1) is 0 Å². The molecule has 1 fully saturated rings. The van der Waals surface area contributed by atoms with Crippen molar-refractivity contribution in [3.8, 4) is 5.75 Å². The summed E-state index contributed by atoms with van der Waals surface area (Å²) < 4.78 is 5.57. The molecule has 0 bridgehead atoms. The second-order valence-corrected chi connectivity index (χ2v) is 8.38. The highest BCUT2D eigenvalue weighted by Crippen LogP contribution is 2.37. The van der Waals surface area contributed by atoms with Crippen LogP contribution in [0.5, 0.6) is 5.75 Å². The van der Waals surface area contributed by atoms with Crippen molar-refractivity contribution in [3.63, 3.8) is 0 Å². The lowest BCUT2D eigenvalue weighted by Gasteiger charge is -2.47. The molecule has 1 aliphatic rings. The first-order valence-electron chi connectivity index (χ1n) is 10.8. The van der Waals surface area contributed by atoms with Crippen molar-refractivity contribution in [2.24, 2.45) is 0 Å². The third-order valence-electron chi connectivity index (χ3n) is 6.39. The van der Waals surface area contributed by atoms with Gasteiger partial charge in [0.2, 0.25) is 0 Å². The van der Waals surface area contributed by atoms with Gasteiger partial charge in [0.25, 0.3) is 0 Å². The summed E-state index contributed by atoms with van der Waals surface area (Å²) in [6.45, 7) is 11.6. The SMILES string of the molecule is C=CCN1CC(C)N(C(c2cccc(OC)c2)c2cccc3ccccc23)CC1C. The summed E-state index contributed by atoms with van der Waals surface area (Å²) in [5, 5.41) is 2.61. The fourth-order valence-electron chi connectivity index (χ4n) is 4.86. The number of ether oxygens (including phenoxy) is 1. The van der Waals surface area contributed by atoms with Crippen LogP contribution in [-0.4, -0.2) is 48.6 Å². The number of benzene rings is 3. The highest BCUT2D eigenvalue weighted by molar-refractivity contribution is 5.86. The van der Waals surface area contributed by atoms with Crippen LogP contribution >= 0.6 is 0 Å². The Balaban J connectivity index is 1.83. The average Bonchev–Trinajstić information content (AvgIpc) is 2.77. The molecular formula is C27H32N2O. The minimum absolute atomic E-state index is 0.175. The molecule has 4 rings (SSSR count). The van der Waals surface area contributed by atoms with Gasteiger partial charge in [-0.05, 0) is 47.9 Å². The highest BCUT2D eigenvalue weighted by atomic mass is 16.5. The lowest BCUT2D eigenvalue weighted by atomic mass is 9.90. The molecule has 0 spiro atoms. The number of fused-ring (bicyclic) bond motifs is 1. The predicted molar refractivity (Wildman–Crippen MR) is 126 cm³/mol. The van der Waals surface area contributed by atoms with Crippen LogP contribution in [0.2, 0.25) is 0 Å². The number of hydrogen-bond donors (Lipinski definition) is 0. The number of rotatable bonds is 6.